The van der Waals surface area contributed by atoms with Crippen molar-refractivity contribution in [1.29, 1.82) is 0 Å². The molecule has 1 heterocycles. The van der Waals surface area contributed by atoms with Gasteiger partial charge < -0.3 is 5.32 Å². The van der Waals surface area contributed by atoms with Crippen LogP contribution in [0.4, 0.5) is 0 Å². The number of aryl methyl sites for hydroxylation is 1. The quantitative estimate of drug-likeness (QED) is 0.562. The molecule has 0 aromatic carbocycles. The van der Waals surface area contributed by atoms with Crippen LogP contribution in [-0.4, -0.2) is 16.8 Å². The number of nitrogens with zero attached hydrogens (tertiary/aromatic N) is 2. The lowest BCUT2D eigenvalue weighted by atomic mass is 10.0. The molecule has 0 bridgehead atoms. The zero-order chi connectivity index (χ0) is 14.6. The molecular weight excluding hydrogens is 246 g/mol. The van der Waals surface area contributed by atoms with Gasteiger partial charge in [-0.15, -0.1) is 0 Å². The molecule has 0 fully saturated rings. The van der Waals surface area contributed by atoms with Crippen LogP contribution >= 0.6 is 0 Å². The van der Waals surface area contributed by atoms with Crippen molar-refractivity contribution in [3.05, 3.63) is 18.0 Å². The van der Waals surface area contributed by atoms with Gasteiger partial charge in [-0.1, -0.05) is 58.8 Å². The minimum Gasteiger partial charge on any atom is -0.312 e. The fourth-order valence-electron chi connectivity index (χ4n) is 2.78. The number of hydrogen-bond donors (Lipinski definition) is 1. The van der Waals surface area contributed by atoms with Crippen molar-refractivity contribution < 1.29 is 0 Å². The molecule has 1 atom stereocenters. The van der Waals surface area contributed by atoms with Crippen LogP contribution in [0.1, 0.15) is 83.4 Å². The van der Waals surface area contributed by atoms with E-state index < -0.39 is 0 Å². The van der Waals surface area contributed by atoms with Gasteiger partial charge in [0.05, 0.1) is 5.69 Å². The van der Waals surface area contributed by atoms with E-state index in [9.17, 15) is 0 Å². The molecule has 1 unspecified atom stereocenters. The molecule has 0 amide bonds. The zero-order valence-electron chi connectivity index (χ0n) is 13.7. The first-order chi connectivity index (χ1) is 9.83. The van der Waals surface area contributed by atoms with E-state index in [2.05, 4.69) is 42.1 Å². The normalized spacial score (nSPS) is 12.8. The number of rotatable bonds is 12. The molecule has 0 aliphatic carbocycles. The predicted molar refractivity (Wildman–Crippen MR) is 86.9 cm³/mol. The van der Waals surface area contributed by atoms with E-state index >= 15 is 0 Å². The van der Waals surface area contributed by atoms with Crippen LogP contribution in [0.5, 0.6) is 0 Å². The van der Waals surface area contributed by atoms with E-state index in [0.29, 0.717) is 6.04 Å². The highest BCUT2D eigenvalue weighted by Gasteiger charge is 2.13. The molecule has 1 aromatic heterocycles. The maximum absolute atomic E-state index is 4.43. The summed E-state index contributed by atoms with van der Waals surface area (Å²) >= 11 is 0. The SMILES string of the molecule is CCCCCCCCCC(NC)c1ccnn1CCC. The van der Waals surface area contributed by atoms with Crippen molar-refractivity contribution in [1.82, 2.24) is 15.1 Å². The smallest absolute Gasteiger partial charge is 0.0553 e. The van der Waals surface area contributed by atoms with E-state index in [0.717, 1.165) is 13.0 Å². The summed E-state index contributed by atoms with van der Waals surface area (Å²) in [7, 11) is 2.06. The van der Waals surface area contributed by atoms with Gasteiger partial charge in [-0.2, -0.15) is 5.10 Å². The Morgan fingerprint density at radius 1 is 1.05 bits per heavy atom. The number of unbranched alkanes of at least 4 members (excludes halogenated alkanes) is 6. The van der Waals surface area contributed by atoms with Gasteiger partial charge in [-0.25, -0.2) is 0 Å². The third-order valence-corrected chi connectivity index (χ3v) is 3.99. The summed E-state index contributed by atoms with van der Waals surface area (Å²) in [6, 6.07) is 2.62. The lowest BCUT2D eigenvalue weighted by Gasteiger charge is -2.17. The average Bonchev–Trinajstić information content (AvgIpc) is 2.91. The lowest BCUT2D eigenvalue weighted by Crippen LogP contribution is -2.20. The number of hydrogen-bond acceptors (Lipinski definition) is 2. The highest BCUT2D eigenvalue weighted by molar-refractivity contribution is 5.06. The highest BCUT2D eigenvalue weighted by Crippen LogP contribution is 2.20. The Hall–Kier alpha value is -0.830. The summed E-state index contributed by atoms with van der Waals surface area (Å²) in [5, 5.41) is 7.88. The van der Waals surface area contributed by atoms with Crippen molar-refractivity contribution >= 4 is 0 Å². The first kappa shape index (κ1) is 17.2. The first-order valence-corrected chi connectivity index (χ1v) is 8.52. The fraction of sp³-hybridized carbons (Fsp3) is 0.824. The molecule has 116 valence electrons. The van der Waals surface area contributed by atoms with Crippen LogP contribution in [0, 0.1) is 0 Å². The van der Waals surface area contributed by atoms with Crippen LogP contribution < -0.4 is 5.32 Å². The van der Waals surface area contributed by atoms with Gasteiger partial charge in [0.15, 0.2) is 0 Å². The van der Waals surface area contributed by atoms with Gasteiger partial charge in [0.1, 0.15) is 0 Å². The molecule has 3 nitrogen and oxygen atoms in total. The van der Waals surface area contributed by atoms with Gasteiger partial charge in [-0.05, 0) is 26.0 Å². The van der Waals surface area contributed by atoms with Crippen molar-refractivity contribution in [3.8, 4) is 0 Å². The van der Waals surface area contributed by atoms with E-state index in [-0.39, 0.29) is 0 Å². The summed E-state index contributed by atoms with van der Waals surface area (Å²) in [4.78, 5) is 0. The van der Waals surface area contributed by atoms with Gasteiger partial charge in [0.25, 0.3) is 0 Å². The molecule has 0 spiro atoms. The second-order valence-corrected chi connectivity index (χ2v) is 5.73. The standard InChI is InChI=1S/C17H33N3/c1-4-6-7-8-9-10-11-12-16(18-3)17-13-14-19-20(17)15-5-2/h13-14,16,18H,4-12,15H2,1-3H3. The minimum absolute atomic E-state index is 0.458. The van der Waals surface area contributed by atoms with E-state index in [1.165, 1.54) is 57.1 Å². The number of aromatic nitrogens is 2. The van der Waals surface area contributed by atoms with Crippen molar-refractivity contribution in [2.24, 2.45) is 0 Å². The summed E-state index contributed by atoms with van der Waals surface area (Å²) in [5.74, 6) is 0. The Balaban J connectivity index is 2.27. The van der Waals surface area contributed by atoms with Gasteiger partial charge in [0, 0.05) is 18.8 Å². The molecule has 0 radical (unpaired) electrons. The van der Waals surface area contributed by atoms with Crippen molar-refractivity contribution in [2.45, 2.75) is 84.2 Å². The maximum atomic E-state index is 4.43. The Morgan fingerprint density at radius 3 is 2.40 bits per heavy atom. The Morgan fingerprint density at radius 2 is 1.75 bits per heavy atom. The maximum Gasteiger partial charge on any atom is 0.0553 e. The Labute approximate surface area is 125 Å². The Bertz CT molecular complexity index is 333. The van der Waals surface area contributed by atoms with Gasteiger partial charge >= 0.3 is 0 Å². The van der Waals surface area contributed by atoms with Crippen LogP contribution in [0.2, 0.25) is 0 Å². The third-order valence-electron chi connectivity index (χ3n) is 3.99. The highest BCUT2D eigenvalue weighted by atomic mass is 15.3. The van der Waals surface area contributed by atoms with Crippen LogP contribution in [0.25, 0.3) is 0 Å². The molecule has 1 aromatic rings. The average molecular weight is 279 g/mol. The summed E-state index contributed by atoms with van der Waals surface area (Å²) in [6.07, 6.45) is 13.9. The van der Waals surface area contributed by atoms with Crippen molar-refractivity contribution in [3.63, 3.8) is 0 Å². The summed E-state index contributed by atoms with van der Waals surface area (Å²) < 4.78 is 2.16. The molecule has 0 aliphatic rings. The monoisotopic (exact) mass is 279 g/mol. The predicted octanol–water partition coefficient (Wildman–Crippen LogP) is 4.69. The first-order valence-electron chi connectivity index (χ1n) is 8.52. The van der Waals surface area contributed by atoms with Gasteiger partial charge in [-0.3, -0.25) is 4.68 Å². The Kier molecular flexibility index (Phi) is 9.38. The molecule has 20 heavy (non-hydrogen) atoms. The summed E-state index contributed by atoms with van der Waals surface area (Å²) in [5.41, 5.74) is 1.35. The van der Waals surface area contributed by atoms with Crippen LogP contribution in [-0.2, 0) is 6.54 Å². The summed E-state index contributed by atoms with van der Waals surface area (Å²) in [6.45, 7) is 5.50. The molecular formula is C17H33N3. The lowest BCUT2D eigenvalue weighted by molar-refractivity contribution is 0.452. The van der Waals surface area contributed by atoms with E-state index in [4.69, 9.17) is 0 Å². The van der Waals surface area contributed by atoms with E-state index in [1.54, 1.807) is 0 Å². The molecule has 3 heteroatoms. The molecule has 1 rings (SSSR count). The van der Waals surface area contributed by atoms with Gasteiger partial charge in [0.2, 0.25) is 0 Å². The topological polar surface area (TPSA) is 29.9 Å². The largest absolute Gasteiger partial charge is 0.312 e. The van der Waals surface area contributed by atoms with E-state index in [1.807, 2.05) is 6.20 Å². The molecule has 1 N–H and O–H groups in total. The zero-order valence-corrected chi connectivity index (χ0v) is 13.7. The fourth-order valence-corrected chi connectivity index (χ4v) is 2.78. The van der Waals surface area contributed by atoms with Crippen molar-refractivity contribution in [2.75, 3.05) is 7.05 Å². The number of nitrogens with one attached hydrogen (secondary N) is 1. The molecule has 0 aliphatic heterocycles. The molecule has 0 saturated heterocycles. The second-order valence-electron chi connectivity index (χ2n) is 5.73. The van der Waals surface area contributed by atoms with Crippen LogP contribution in [0.3, 0.4) is 0 Å². The third kappa shape index (κ3) is 6.08. The minimum atomic E-state index is 0.458. The second kappa shape index (κ2) is 10.9. The molecule has 0 saturated carbocycles. The van der Waals surface area contributed by atoms with Crippen LogP contribution in [0.15, 0.2) is 12.3 Å².